The van der Waals surface area contributed by atoms with Gasteiger partial charge < -0.3 is 15.4 Å². The largest absolute Gasteiger partial charge is 0.481 e. The molecule has 0 atom stereocenters. The van der Waals surface area contributed by atoms with Crippen molar-refractivity contribution in [1.29, 1.82) is 0 Å². The fraction of sp³-hybridized carbons (Fsp3) is 0.297. The summed E-state index contributed by atoms with van der Waals surface area (Å²) >= 11 is 6.58. The number of aromatic nitrogens is 3. The fourth-order valence-electron chi connectivity index (χ4n) is 5.43. The van der Waals surface area contributed by atoms with Gasteiger partial charge in [-0.1, -0.05) is 83.5 Å². The maximum atomic E-state index is 12.2. The van der Waals surface area contributed by atoms with Gasteiger partial charge in [-0.15, -0.1) is 0 Å². The van der Waals surface area contributed by atoms with Gasteiger partial charge in [-0.2, -0.15) is 4.98 Å². The number of hydrogen-bond donors (Lipinski definition) is 2. The Labute approximate surface area is 275 Å². The van der Waals surface area contributed by atoms with Gasteiger partial charge in [-0.3, -0.25) is 14.7 Å². The zero-order valence-electron chi connectivity index (χ0n) is 26.5. The number of carboxylic acids is 1. The number of likely N-dealkylation sites (tertiary alicyclic amines) is 1. The second-order valence-corrected chi connectivity index (χ2v) is 13.3. The molecule has 2 aromatic heterocycles. The average Bonchev–Trinajstić information content (AvgIpc) is 3.53. The van der Waals surface area contributed by atoms with E-state index in [9.17, 15) is 9.90 Å². The maximum absolute atomic E-state index is 12.2. The van der Waals surface area contributed by atoms with Crippen LogP contribution in [0, 0.1) is 5.41 Å². The molecule has 238 valence electrons. The molecule has 6 rings (SSSR count). The number of benzene rings is 3. The summed E-state index contributed by atoms with van der Waals surface area (Å²) in [7, 11) is 0. The summed E-state index contributed by atoms with van der Waals surface area (Å²) in [5, 5.41) is 14.8. The van der Waals surface area contributed by atoms with Crippen molar-refractivity contribution in [2.24, 2.45) is 11.1 Å². The number of pyridine rings is 1. The van der Waals surface area contributed by atoms with Crippen molar-refractivity contribution in [3.8, 4) is 34.0 Å². The normalized spacial score (nSPS) is 14.7. The summed E-state index contributed by atoms with van der Waals surface area (Å²) in [5.41, 5.74) is 10.2. The molecule has 0 spiro atoms. The molecule has 3 heterocycles. The first-order valence-electron chi connectivity index (χ1n) is 15.4. The van der Waals surface area contributed by atoms with Gasteiger partial charge in [-0.25, -0.2) is 0 Å². The second-order valence-electron chi connectivity index (χ2n) is 12.9. The van der Waals surface area contributed by atoms with Gasteiger partial charge in [0.1, 0.15) is 0 Å². The van der Waals surface area contributed by atoms with Crippen LogP contribution in [0.3, 0.4) is 0 Å². The minimum atomic E-state index is -0.767. The number of piperidine rings is 1. The summed E-state index contributed by atoms with van der Waals surface area (Å²) in [6.45, 7) is 8.09. The molecule has 3 aromatic carbocycles. The highest BCUT2D eigenvalue weighted by molar-refractivity contribution is 6.33. The zero-order chi connectivity index (χ0) is 32.7. The van der Waals surface area contributed by atoms with E-state index in [1.165, 1.54) is 0 Å². The predicted octanol–water partition coefficient (Wildman–Crippen LogP) is 7.77. The lowest BCUT2D eigenvalue weighted by atomic mass is 9.74. The van der Waals surface area contributed by atoms with Crippen molar-refractivity contribution >= 4 is 17.6 Å². The number of hydrogen-bond acceptors (Lipinski definition) is 7. The van der Waals surface area contributed by atoms with E-state index in [2.05, 4.69) is 32.2 Å². The third-order valence-electron chi connectivity index (χ3n) is 7.86. The molecule has 0 radical (unpaired) electrons. The molecule has 0 amide bonds. The Kier molecular flexibility index (Phi) is 10.3. The van der Waals surface area contributed by atoms with Gasteiger partial charge in [0, 0.05) is 52.1 Å². The molecule has 46 heavy (non-hydrogen) atoms. The maximum Gasteiger partial charge on any atom is 0.310 e. The van der Waals surface area contributed by atoms with Crippen molar-refractivity contribution in [2.45, 2.75) is 52.1 Å². The number of aliphatic carboxylic acids is 1. The van der Waals surface area contributed by atoms with Crippen LogP contribution >= 0.6 is 11.6 Å². The van der Waals surface area contributed by atoms with Crippen molar-refractivity contribution in [1.82, 2.24) is 20.0 Å². The Morgan fingerprint density at radius 3 is 2.20 bits per heavy atom. The zero-order valence-corrected chi connectivity index (χ0v) is 27.2. The smallest absolute Gasteiger partial charge is 0.310 e. The minimum absolute atomic E-state index is 0. The van der Waals surface area contributed by atoms with Crippen LogP contribution < -0.4 is 5.73 Å². The molecular weight excluding hydrogens is 598 g/mol. The monoisotopic (exact) mass is 637 g/mol. The van der Waals surface area contributed by atoms with Gasteiger partial charge >= 0.3 is 5.97 Å². The Morgan fingerprint density at radius 2 is 1.59 bits per heavy atom. The highest BCUT2D eigenvalue weighted by Gasteiger charge is 2.41. The molecule has 9 heteroatoms. The van der Waals surface area contributed by atoms with Crippen molar-refractivity contribution in [2.75, 3.05) is 13.1 Å². The molecule has 0 aliphatic carbocycles. The van der Waals surface area contributed by atoms with Gasteiger partial charge in [-0.05, 0) is 82.1 Å². The Bertz CT molecular complexity index is 1720. The van der Waals surface area contributed by atoms with E-state index in [1.54, 1.807) is 6.20 Å². The first-order valence-corrected chi connectivity index (χ1v) is 15.8. The molecule has 0 bridgehead atoms. The number of nitrogens with zero attached hydrogens (tertiary/aromatic N) is 4. The predicted molar refractivity (Wildman–Crippen MR) is 182 cm³/mol. The van der Waals surface area contributed by atoms with Gasteiger partial charge in [0.2, 0.25) is 5.82 Å². The van der Waals surface area contributed by atoms with E-state index in [-0.39, 0.29) is 5.54 Å². The van der Waals surface area contributed by atoms with E-state index in [0.29, 0.717) is 36.0 Å². The standard InChI is InChI=1S/C33H29ClN4O3.C4H11N/c34-29-20-26(13-14-28(29)24-6-2-1-3-7-24)31-36-30(37-41-31)25-11-9-23(10-12-25)22-38-18-15-33(16-19-38,32(39)40)21-27-8-4-5-17-35-27;1-4(2,3)5/h1-14,17,20H,15-16,18-19,21-22H2,(H,39,40);5H2,1-3H3. The number of rotatable bonds is 8. The first-order chi connectivity index (χ1) is 22.0. The van der Waals surface area contributed by atoms with Crippen molar-refractivity contribution in [3.63, 3.8) is 0 Å². The third kappa shape index (κ3) is 8.66. The summed E-state index contributed by atoms with van der Waals surface area (Å²) in [5.74, 6) is 0.182. The van der Waals surface area contributed by atoms with Gasteiger partial charge in [0.15, 0.2) is 0 Å². The quantitative estimate of drug-likeness (QED) is 0.177. The lowest BCUT2D eigenvalue weighted by molar-refractivity contribution is -0.152. The lowest BCUT2D eigenvalue weighted by Gasteiger charge is -2.38. The van der Waals surface area contributed by atoms with Crippen LogP contribution in [-0.2, 0) is 17.8 Å². The SMILES string of the molecule is CC(C)(C)N.O=C(O)C1(Cc2ccccn2)CCN(Cc2ccc(-c3noc(-c4ccc(-c5ccccc5)c(Cl)c4)n3)cc2)CC1. The van der Waals surface area contributed by atoms with Crippen LogP contribution in [0.25, 0.3) is 34.0 Å². The van der Waals surface area contributed by atoms with Crippen molar-refractivity contribution < 1.29 is 14.4 Å². The molecule has 0 saturated carbocycles. The van der Waals surface area contributed by atoms with Gasteiger partial charge in [0.05, 0.1) is 5.41 Å². The summed E-state index contributed by atoms with van der Waals surface area (Å²) in [4.78, 5) is 23.5. The Hall–Kier alpha value is -4.37. The van der Waals surface area contributed by atoms with E-state index in [4.69, 9.17) is 21.9 Å². The van der Waals surface area contributed by atoms with E-state index < -0.39 is 11.4 Å². The van der Waals surface area contributed by atoms with Crippen LogP contribution in [0.1, 0.15) is 44.9 Å². The van der Waals surface area contributed by atoms with Crippen molar-refractivity contribution in [3.05, 3.63) is 113 Å². The van der Waals surface area contributed by atoms with Crippen LogP contribution in [0.2, 0.25) is 5.02 Å². The number of halogens is 1. The molecular formula is C37H40ClN5O3. The lowest BCUT2D eigenvalue weighted by Crippen LogP contribution is -2.45. The molecule has 0 unspecified atom stereocenters. The molecule has 5 aromatic rings. The van der Waals surface area contributed by atoms with Crippen LogP contribution in [0.4, 0.5) is 0 Å². The molecule has 1 aliphatic heterocycles. The molecule has 1 saturated heterocycles. The van der Waals surface area contributed by atoms with Crippen LogP contribution in [0.15, 0.2) is 102 Å². The van der Waals surface area contributed by atoms with E-state index >= 15 is 0 Å². The summed E-state index contributed by atoms with van der Waals surface area (Å²) < 4.78 is 5.56. The Balaban J connectivity index is 0.000000775. The average molecular weight is 638 g/mol. The third-order valence-corrected chi connectivity index (χ3v) is 8.17. The number of nitrogens with two attached hydrogens (primary N) is 1. The van der Waals surface area contributed by atoms with Crippen LogP contribution in [-0.4, -0.2) is 49.7 Å². The van der Waals surface area contributed by atoms with E-state index in [0.717, 1.165) is 53.1 Å². The molecule has 1 aliphatic rings. The summed E-state index contributed by atoms with van der Waals surface area (Å²) in [6, 6.07) is 29.5. The molecule has 1 fully saturated rings. The van der Waals surface area contributed by atoms with E-state index in [1.807, 2.05) is 99.6 Å². The summed E-state index contributed by atoms with van der Waals surface area (Å²) in [6.07, 6.45) is 3.37. The Morgan fingerprint density at radius 1 is 0.935 bits per heavy atom. The first kappa shape index (κ1) is 33.0. The molecule has 3 N–H and O–H groups in total. The minimum Gasteiger partial charge on any atom is -0.481 e. The molecule has 8 nitrogen and oxygen atoms in total. The number of carboxylic acid groups (broad SMARTS) is 1. The van der Waals surface area contributed by atoms with Gasteiger partial charge in [0.25, 0.3) is 5.89 Å². The fourth-order valence-corrected chi connectivity index (χ4v) is 5.72. The second kappa shape index (κ2) is 14.4. The highest BCUT2D eigenvalue weighted by atomic mass is 35.5. The van der Waals surface area contributed by atoms with Crippen LogP contribution in [0.5, 0.6) is 0 Å². The topological polar surface area (TPSA) is 118 Å². The number of carbonyl (C=O) groups is 1. The highest BCUT2D eigenvalue weighted by Crippen LogP contribution is 2.36.